The second-order valence-corrected chi connectivity index (χ2v) is 6.14. The molecule has 0 radical (unpaired) electrons. The van der Waals surface area contributed by atoms with Crippen molar-refractivity contribution in [3.8, 4) is 11.1 Å². The van der Waals surface area contributed by atoms with Crippen molar-refractivity contribution in [1.29, 1.82) is 0 Å². The van der Waals surface area contributed by atoms with Gasteiger partial charge in [0.15, 0.2) is 0 Å². The number of fused-ring (bicyclic) bond motifs is 2. The van der Waals surface area contributed by atoms with Gasteiger partial charge in [-0.15, -0.1) is 11.3 Å². The van der Waals surface area contributed by atoms with Crippen LogP contribution in [-0.4, -0.2) is 9.55 Å². The number of benzene rings is 1. The molecular formula is C16H14N2OS. The van der Waals surface area contributed by atoms with E-state index in [4.69, 9.17) is 0 Å². The SMILES string of the molecule is Cc1ccc(-c2csc3nc4n(c(=O)c23)CCC4)cc1. The molecule has 20 heavy (non-hydrogen) atoms. The van der Waals surface area contributed by atoms with Gasteiger partial charge in [-0.25, -0.2) is 4.98 Å². The Morgan fingerprint density at radius 3 is 2.85 bits per heavy atom. The van der Waals surface area contributed by atoms with E-state index in [0.29, 0.717) is 0 Å². The summed E-state index contributed by atoms with van der Waals surface area (Å²) in [6, 6.07) is 8.32. The normalized spacial score (nSPS) is 13.8. The highest BCUT2D eigenvalue weighted by Crippen LogP contribution is 2.31. The molecule has 1 aromatic carbocycles. The second kappa shape index (κ2) is 4.28. The Morgan fingerprint density at radius 1 is 1.25 bits per heavy atom. The number of hydrogen-bond donors (Lipinski definition) is 0. The van der Waals surface area contributed by atoms with Gasteiger partial charge < -0.3 is 0 Å². The Bertz CT molecular complexity index is 859. The molecule has 100 valence electrons. The first-order valence-corrected chi connectivity index (χ1v) is 7.70. The first-order chi connectivity index (χ1) is 9.74. The molecule has 0 amide bonds. The quantitative estimate of drug-likeness (QED) is 0.686. The van der Waals surface area contributed by atoms with Gasteiger partial charge in [0, 0.05) is 23.9 Å². The Balaban J connectivity index is 2.02. The molecule has 0 spiro atoms. The molecule has 0 saturated heterocycles. The van der Waals surface area contributed by atoms with E-state index >= 15 is 0 Å². The minimum Gasteiger partial charge on any atom is -0.296 e. The summed E-state index contributed by atoms with van der Waals surface area (Å²) >= 11 is 1.57. The van der Waals surface area contributed by atoms with Gasteiger partial charge in [-0.2, -0.15) is 0 Å². The van der Waals surface area contributed by atoms with Crippen LogP contribution >= 0.6 is 11.3 Å². The molecule has 0 atom stereocenters. The zero-order valence-corrected chi connectivity index (χ0v) is 12.0. The van der Waals surface area contributed by atoms with Crippen molar-refractivity contribution in [1.82, 2.24) is 9.55 Å². The molecule has 1 aliphatic rings. The molecule has 0 aliphatic carbocycles. The average Bonchev–Trinajstić information content (AvgIpc) is 3.07. The molecule has 3 aromatic rings. The van der Waals surface area contributed by atoms with E-state index in [1.54, 1.807) is 11.3 Å². The second-order valence-electron chi connectivity index (χ2n) is 5.28. The summed E-state index contributed by atoms with van der Waals surface area (Å²) in [7, 11) is 0. The third kappa shape index (κ3) is 1.64. The van der Waals surface area contributed by atoms with E-state index in [9.17, 15) is 4.79 Å². The van der Waals surface area contributed by atoms with Gasteiger partial charge in [0.1, 0.15) is 10.7 Å². The number of thiophene rings is 1. The first-order valence-electron chi connectivity index (χ1n) is 6.82. The fourth-order valence-electron chi connectivity index (χ4n) is 2.83. The Hall–Kier alpha value is -1.94. The molecule has 1 aliphatic heterocycles. The predicted octanol–water partition coefficient (Wildman–Crippen LogP) is 3.38. The van der Waals surface area contributed by atoms with Crippen LogP contribution in [0.15, 0.2) is 34.4 Å². The van der Waals surface area contributed by atoms with Crippen LogP contribution in [0.25, 0.3) is 21.3 Å². The smallest absolute Gasteiger partial charge is 0.262 e. The number of aryl methyl sites for hydroxylation is 2. The molecule has 0 unspecified atom stereocenters. The highest BCUT2D eigenvalue weighted by molar-refractivity contribution is 7.17. The average molecular weight is 282 g/mol. The summed E-state index contributed by atoms with van der Waals surface area (Å²) in [5.74, 6) is 0.944. The lowest BCUT2D eigenvalue weighted by atomic mass is 10.1. The summed E-state index contributed by atoms with van der Waals surface area (Å²) < 4.78 is 1.84. The molecule has 3 heterocycles. The Kier molecular flexibility index (Phi) is 2.54. The van der Waals surface area contributed by atoms with Crippen molar-refractivity contribution >= 4 is 21.6 Å². The summed E-state index contributed by atoms with van der Waals surface area (Å²) in [4.78, 5) is 18.2. The van der Waals surface area contributed by atoms with E-state index in [-0.39, 0.29) is 5.56 Å². The number of hydrogen-bond acceptors (Lipinski definition) is 3. The molecule has 3 nitrogen and oxygen atoms in total. The third-order valence-electron chi connectivity index (χ3n) is 3.92. The van der Waals surface area contributed by atoms with Crippen LogP contribution in [0.2, 0.25) is 0 Å². The van der Waals surface area contributed by atoms with Crippen LogP contribution in [0.1, 0.15) is 17.8 Å². The van der Waals surface area contributed by atoms with Gasteiger partial charge in [0.05, 0.1) is 5.39 Å². The molecule has 0 N–H and O–H groups in total. The minimum atomic E-state index is 0.124. The molecule has 0 bridgehead atoms. The molecule has 4 heteroatoms. The van der Waals surface area contributed by atoms with Crippen LogP contribution in [0.3, 0.4) is 0 Å². The summed E-state index contributed by atoms with van der Waals surface area (Å²) in [6.07, 6.45) is 1.95. The maximum Gasteiger partial charge on any atom is 0.262 e. The first kappa shape index (κ1) is 11.9. The third-order valence-corrected chi connectivity index (χ3v) is 4.79. The minimum absolute atomic E-state index is 0.124. The van der Waals surface area contributed by atoms with Gasteiger partial charge in [-0.1, -0.05) is 29.8 Å². The van der Waals surface area contributed by atoms with Gasteiger partial charge in [-0.3, -0.25) is 9.36 Å². The lowest BCUT2D eigenvalue weighted by molar-refractivity contribution is 0.720. The highest BCUT2D eigenvalue weighted by Gasteiger charge is 2.19. The van der Waals surface area contributed by atoms with Gasteiger partial charge >= 0.3 is 0 Å². The molecular weight excluding hydrogens is 268 g/mol. The van der Waals surface area contributed by atoms with Gasteiger partial charge in [0.25, 0.3) is 5.56 Å². The topological polar surface area (TPSA) is 34.9 Å². The molecule has 4 rings (SSSR count). The largest absolute Gasteiger partial charge is 0.296 e. The number of rotatable bonds is 1. The van der Waals surface area contributed by atoms with Crippen LogP contribution in [0.5, 0.6) is 0 Å². The zero-order valence-electron chi connectivity index (χ0n) is 11.2. The van der Waals surface area contributed by atoms with Gasteiger partial charge in [0.2, 0.25) is 0 Å². The fourth-order valence-corrected chi connectivity index (χ4v) is 3.79. The molecule has 0 saturated carbocycles. The van der Waals surface area contributed by atoms with E-state index in [1.807, 2.05) is 4.57 Å². The highest BCUT2D eigenvalue weighted by atomic mass is 32.1. The lowest BCUT2D eigenvalue weighted by Crippen LogP contribution is -2.20. The van der Waals surface area contributed by atoms with Crippen LogP contribution in [-0.2, 0) is 13.0 Å². The van der Waals surface area contributed by atoms with Crippen LogP contribution in [0.4, 0.5) is 0 Å². The zero-order chi connectivity index (χ0) is 13.7. The van der Waals surface area contributed by atoms with E-state index in [1.165, 1.54) is 5.56 Å². The van der Waals surface area contributed by atoms with Crippen molar-refractivity contribution in [2.24, 2.45) is 0 Å². The van der Waals surface area contributed by atoms with E-state index < -0.39 is 0 Å². The van der Waals surface area contributed by atoms with E-state index in [2.05, 4.69) is 41.6 Å². The van der Waals surface area contributed by atoms with Crippen molar-refractivity contribution in [2.45, 2.75) is 26.3 Å². The summed E-state index contributed by atoms with van der Waals surface area (Å²) in [5, 5.41) is 2.84. The van der Waals surface area contributed by atoms with Crippen molar-refractivity contribution in [3.05, 3.63) is 51.4 Å². The van der Waals surface area contributed by atoms with Crippen molar-refractivity contribution < 1.29 is 0 Å². The summed E-state index contributed by atoms with van der Waals surface area (Å²) in [6.45, 7) is 2.87. The van der Waals surface area contributed by atoms with Crippen molar-refractivity contribution in [3.63, 3.8) is 0 Å². The fraction of sp³-hybridized carbons (Fsp3) is 0.250. The number of aromatic nitrogens is 2. The Labute approximate surface area is 120 Å². The monoisotopic (exact) mass is 282 g/mol. The summed E-state index contributed by atoms with van der Waals surface area (Å²) in [5.41, 5.74) is 3.47. The maximum absolute atomic E-state index is 12.7. The lowest BCUT2D eigenvalue weighted by Gasteiger charge is -2.04. The molecule has 2 aromatic heterocycles. The van der Waals surface area contributed by atoms with Crippen molar-refractivity contribution in [2.75, 3.05) is 0 Å². The Morgan fingerprint density at radius 2 is 2.05 bits per heavy atom. The van der Waals surface area contributed by atoms with Gasteiger partial charge in [-0.05, 0) is 18.9 Å². The van der Waals surface area contributed by atoms with Crippen LogP contribution < -0.4 is 5.56 Å². The molecule has 0 fully saturated rings. The van der Waals surface area contributed by atoms with E-state index in [0.717, 1.165) is 46.6 Å². The predicted molar refractivity (Wildman–Crippen MR) is 82.4 cm³/mol. The standard InChI is InChI=1S/C16H14N2OS/c1-10-4-6-11(7-5-10)12-9-20-15-14(12)16(19)18-8-2-3-13(18)17-15/h4-7,9H,2-3,8H2,1H3. The maximum atomic E-state index is 12.7. The number of nitrogens with zero attached hydrogens (tertiary/aromatic N) is 2. The van der Waals surface area contributed by atoms with Crippen LogP contribution in [0, 0.1) is 6.92 Å².